The van der Waals surface area contributed by atoms with Gasteiger partial charge in [0.1, 0.15) is 22.6 Å². The molecule has 0 aliphatic rings. The van der Waals surface area contributed by atoms with Crippen molar-refractivity contribution in [1.29, 1.82) is 0 Å². The van der Waals surface area contributed by atoms with E-state index >= 15 is 0 Å². The minimum Gasteiger partial charge on any atom is -0.268 e. The van der Waals surface area contributed by atoms with Gasteiger partial charge in [-0.1, -0.05) is 185 Å². The number of hydrogen-bond donors (Lipinski definition) is 0. The number of aromatic nitrogens is 8. The molecule has 104 heavy (non-hydrogen) atoms. The summed E-state index contributed by atoms with van der Waals surface area (Å²) in [5.74, 6) is 0. The average Bonchev–Trinajstić information content (AvgIpc) is 0.680. The highest BCUT2D eigenvalue weighted by Gasteiger charge is 2.30. The molecule has 0 amide bonds. The molecule has 18 aromatic carbocycles. The van der Waals surface area contributed by atoms with E-state index in [-0.39, 0.29) is 22.2 Å². The Labute approximate surface area is 613 Å². The van der Waals surface area contributed by atoms with Gasteiger partial charge < -0.3 is 0 Å². The molecule has 8 aromatic heterocycles. The van der Waals surface area contributed by atoms with Gasteiger partial charge in [0, 0.05) is 136 Å². The first-order chi connectivity index (χ1) is 50.9. The minimum absolute atomic E-state index is 0.0977. The molecule has 0 fully saturated rings. The smallest absolute Gasteiger partial charge is 0.264 e. The van der Waals surface area contributed by atoms with Crippen LogP contribution in [0.5, 0.6) is 0 Å². The molecule has 0 aliphatic carbocycles. The van der Waals surface area contributed by atoms with Crippen LogP contribution in [0.2, 0.25) is 0 Å². The highest BCUT2D eigenvalue weighted by Crippen LogP contribution is 2.53. The summed E-state index contributed by atoms with van der Waals surface area (Å²) < 4.78 is 10.5. The summed E-state index contributed by atoms with van der Waals surface area (Å²) in [6.45, 7) is 0. The average molecular weight is 1590 g/mol. The van der Waals surface area contributed by atoms with E-state index in [0.717, 1.165) is 213 Å². The van der Waals surface area contributed by atoms with Crippen LogP contribution in [0, 0.1) is 0 Å². The third kappa shape index (κ3) is 6.64. The maximum Gasteiger partial charge on any atom is 0.264 e. The molecule has 26 aromatic rings. The standard InChI is InChI=1S/2C44H18Br2N4O2/c45-27-17-25-35-23(43(51)49-31-11-3-7-19-5-1-9-29(33(19)31)47-41(25)49)15-13-21-38-28(46)18-26-36-24(16-14-22(40(36)38)37(27)39(21)35)44(52)50-32-12-4-8-20-6-2-10-30(34(20)32)48-42(26)50;45-27-17-25-35-23(41-47-29-9-1-5-19-7-3-11-31(33(19)29)49(41)43(25)51)15-13-21-38-28(46)18-26-36-24(16-14-22(40(36)38)37(27)39(21)35)42-48-30-10-2-6-20-8-4-12-32(34(20)30)50(42)44(26)52/h2*1-18H. The van der Waals surface area contributed by atoms with Crippen LogP contribution in [0.15, 0.2) is 255 Å². The summed E-state index contributed by atoms with van der Waals surface area (Å²) in [6, 6.07) is 73.3. The molecule has 16 heteroatoms. The van der Waals surface area contributed by atoms with Gasteiger partial charge in [0.25, 0.3) is 22.2 Å². The van der Waals surface area contributed by atoms with Crippen molar-refractivity contribution in [3.8, 4) is 0 Å². The van der Waals surface area contributed by atoms with Crippen molar-refractivity contribution in [2.75, 3.05) is 0 Å². The Morgan fingerprint density at radius 1 is 0.202 bits per heavy atom. The Hall–Kier alpha value is -11.9. The summed E-state index contributed by atoms with van der Waals surface area (Å²) in [6.07, 6.45) is 0. The van der Waals surface area contributed by atoms with Gasteiger partial charge in [-0.25, -0.2) is 19.9 Å². The van der Waals surface area contributed by atoms with Gasteiger partial charge in [-0.15, -0.1) is 0 Å². The quantitative estimate of drug-likeness (QED) is 0.108. The first-order valence-electron chi connectivity index (χ1n) is 33.9. The molecule has 12 nitrogen and oxygen atoms in total. The third-order valence-electron chi connectivity index (χ3n) is 22.9. The van der Waals surface area contributed by atoms with Crippen molar-refractivity contribution >= 4 is 303 Å². The molecule has 0 N–H and O–H groups in total. The van der Waals surface area contributed by atoms with E-state index in [1.54, 1.807) is 17.6 Å². The predicted octanol–water partition coefficient (Wildman–Crippen LogP) is 22.1. The number of benzene rings is 18. The van der Waals surface area contributed by atoms with E-state index in [9.17, 15) is 19.2 Å². The molecule has 0 unspecified atom stereocenters. The van der Waals surface area contributed by atoms with E-state index in [4.69, 9.17) is 19.9 Å². The summed E-state index contributed by atoms with van der Waals surface area (Å²) >= 11 is 15.9. The van der Waals surface area contributed by atoms with E-state index in [0.29, 0.717) is 44.1 Å². The number of hydrogen-bond acceptors (Lipinski definition) is 8. The lowest BCUT2D eigenvalue weighted by atomic mass is 9.86. The SMILES string of the molecule is O=c1c2cc(Br)c3c4ccc5c6c(cc(Br)c(c7ccc(c2c73)c2nc3cccc7cccc(c73)n12)c46)c(=O)n1c2cccc3cccc(nc51)c32.O=c1c2ccc3c4c(Br)cc5c6c(ccc(c7c(Br)cc(c2c37)c2nc3cccc7cccc(c73)n12)c46)c(=O)n1c2cccc3cccc(nc51)c32. The lowest BCUT2D eigenvalue weighted by molar-refractivity contribution is 1.15. The fourth-order valence-electron chi connectivity index (χ4n) is 18.9. The van der Waals surface area contributed by atoms with Crippen LogP contribution in [-0.4, -0.2) is 37.5 Å². The second kappa shape index (κ2) is 19.2. The summed E-state index contributed by atoms with van der Waals surface area (Å²) in [5.41, 5.74) is 8.88. The van der Waals surface area contributed by atoms with Gasteiger partial charge in [-0.05, 0) is 140 Å². The molecule has 8 heterocycles. The molecule has 480 valence electrons. The molecule has 0 atom stereocenters. The van der Waals surface area contributed by atoms with Crippen LogP contribution in [0.4, 0.5) is 0 Å². The maximum atomic E-state index is 14.7. The predicted molar refractivity (Wildman–Crippen MR) is 441 cm³/mol. The van der Waals surface area contributed by atoms with E-state index < -0.39 is 0 Å². The van der Waals surface area contributed by atoms with Gasteiger partial charge >= 0.3 is 0 Å². The second-order valence-electron chi connectivity index (χ2n) is 27.7. The summed E-state index contributed by atoms with van der Waals surface area (Å²) in [4.78, 5) is 79.3. The lowest BCUT2D eigenvalue weighted by Gasteiger charge is -2.21. The Bertz CT molecular complexity index is 8230. The molecular formula is C88H36Br4N8O4. The van der Waals surface area contributed by atoms with E-state index in [1.165, 1.54) is 0 Å². The number of nitrogens with zero attached hydrogens (tertiary/aromatic N) is 8. The van der Waals surface area contributed by atoms with Crippen molar-refractivity contribution in [2.45, 2.75) is 0 Å². The molecule has 0 saturated carbocycles. The monoisotopic (exact) mass is 1580 g/mol. The zero-order valence-electron chi connectivity index (χ0n) is 53.5. The molecule has 0 bridgehead atoms. The number of pyridine rings is 4. The first kappa shape index (κ1) is 56.7. The van der Waals surface area contributed by atoms with Crippen molar-refractivity contribution in [1.82, 2.24) is 37.5 Å². The largest absolute Gasteiger partial charge is 0.268 e. The topological polar surface area (TPSA) is 137 Å². The molecular weight excluding hydrogens is 1550 g/mol. The summed E-state index contributed by atoms with van der Waals surface area (Å²) in [7, 11) is 0. The molecule has 0 aliphatic heterocycles. The Kier molecular flexibility index (Phi) is 10.5. The van der Waals surface area contributed by atoms with Gasteiger partial charge in [-0.3, -0.25) is 36.8 Å². The first-order valence-corrected chi connectivity index (χ1v) is 37.1. The van der Waals surface area contributed by atoms with Gasteiger partial charge in [0.2, 0.25) is 0 Å². The van der Waals surface area contributed by atoms with Gasteiger partial charge in [0.05, 0.1) is 54.9 Å². The highest BCUT2D eigenvalue weighted by molar-refractivity contribution is 9.11. The molecule has 0 spiro atoms. The van der Waals surface area contributed by atoms with Crippen LogP contribution in [-0.2, 0) is 0 Å². The normalized spacial score (nSPS) is 13.0. The number of fused-ring (bicyclic) bond motifs is 16. The second-order valence-corrected chi connectivity index (χ2v) is 31.1. The number of halogens is 4. The van der Waals surface area contributed by atoms with Gasteiger partial charge in [0.15, 0.2) is 0 Å². The highest BCUT2D eigenvalue weighted by atomic mass is 79.9. The molecule has 0 radical (unpaired) electrons. The Morgan fingerprint density at radius 3 is 0.712 bits per heavy atom. The van der Waals surface area contributed by atoms with Crippen molar-refractivity contribution in [2.24, 2.45) is 0 Å². The van der Waals surface area contributed by atoms with Crippen molar-refractivity contribution in [3.63, 3.8) is 0 Å². The van der Waals surface area contributed by atoms with E-state index in [2.05, 4.69) is 161 Å². The molecule has 26 rings (SSSR count). The van der Waals surface area contributed by atoms with Crippen LogP contribution in [0.1, 0.15) is 0 Å². The minimum atomic E-state index is -0.107. The number of rotatable bonds is 0. The van der Waals surface area contributed by atoms with Gasteiger partial charge in [-0.2, -0.15) is 0 Å². The fourth-order valence-corrected chi connectivity index (χ4v) is 21.5. The summed E-state index contributed by atoms with van der Waals surface area (Å²) in [5, 5.41) is 29.7. The maximum absolute atomic E-state index is 14.7. The van der Waals surface area contributed by atoms with Crippen LogP contribution in [0.3, 0.4) is 0 Å². The Morgan fingerprint density at radius 2 is 0.423 bits per heavy atom. The Balaban J connectivity index is 0.000000121. The zero-order valence-corrected chi connectivity index (χ0v) is 59.9. The van der Waals surface area contributed by atoms with Crippen LogP contribution >= 0.6 is 63.7 Å². The molecule has 0 saturated heterocycles. The van der Waals surface area contributed by atoms with E-state index in [1.807, 2.05) is 121 Å². The lowest BCUT2D eigenvalue weighted by Crippen LogP contribution is -2.17. The van der Waals surface area contributed by atoms with Crippen LogP contribution in [0.25, 0.3) is 239 Å². The zero-order chi connectivity index (χ0) is 68.6. The van der Waals surface area contributed by atoms with Crippen molar-refractivity contribution < 1.29 is 0 Å². The third-order valence-corrected chi connectivity index (χ3v) is 25.4. The van der Waals surface area contributed by atoms with Crippen LogP contribution < -0.4 is 22.2 Å². The fraction of sp³-hybridized carbons (Fsp3) is 0. The van der Waals surface area contributed by atoms with Crippen molar-refractivity contribution in [3.05, 3.63) is 278 Å².